The lowest BCUT2D eigenvalue weighted by Crippen LogP contribution is -2.30. The Bertz CT molecular complexity index is 3610. The number of hydrogen-bond acceptors (Lipinski definition) is 4. The molecule has 296 valence electrons. The summed E-state index contributed by atoms with van der Waals surface area (Å²) < 4.78 is 4.61. The molecule has 0 radical (unpaired) electrons. The number of aromatic nitrogens is 5. The van der Waals surface area contributed by atoms with Crippen molar-refractivity contribution in [1.82, 2.24) is 24.1 Å². The van der Waals surface area contributed by atoms with Crippen LogP contribution in [0.25, 0.3) is 88.9 Å². The number of allylic oxidation sites excluding steroid dienone is 2. The Kier molecular flexibility index (Phi) is 7.93. The van der Waals surface area contributed by atoms with E-state index in [1.54, 1.807) is 0 Å². The molecule has 6 nitrogen and oxygen atoms in total. The third-order valence-corrected chi connectivity index (χ3v) is 12.9. The number of hydrogen-bond donors (Lipinski definition) is 0. The predicted molar refractivity (Wildman–Crippen MR) is 258 cm³/mol. The van der Waals surface area contributed by atoms with Crippen molar-refractivity contribution >= 4 is 55.2 Å². The molecule has 0 fully saturated rings. The number of para-hydroxylation sites is 5. The molecule has 1 aliphatic heterocycles. The minimum atomic E-state index is 0.0199. The fourth-order valence-electron chi connectivity index (χ4n) is 10.1. The largest absolute Gasteiger partial charge is 0.309 e. The lowest BCUT2D eigenvalue weighted by atomic mass is 9.92. The van der Waals surface area contributed by atoms with E-state index in [1.807, 2.05) is 0 Å². The summed E-state index contributed by atoms with van der Waals surface area (Å²) in [4.78, 5) is 18.6. The third kappa shape index (κ3) is 5.55. The fourth-order valence-corrected chi connectivity index (χ4v) is 10.1. The topological polar surface area (TPSA) is 51.8 Å². The molecule has 11 aromatic rings. The van der Waals surface area contributed by atoms with Gasteiger partial charge in [-0.1, -0.05) is 170 Å². The van der Waals surface area contributed by atoms with Gasteiger partial charge in [-0.05, 0) is 70.8 Å². The van der Waals surface area contributed by atoms with Gasteiger partial charge in [0.1, 0.15) is 0 Å². The summed E-state index contributed by atoms with van der Waals surface area (Å²) in [5.41, 5.74) is 13.3. The van der Waals surface area contributed by atoms with Crippen molar-refractivity contribution in [3.63, 3.8) is 0 Å². The van der Waals surface area contributed by atoms with Crippen LogP contribution in [0.1, 0.15) is 11.5 Å². The molecule has 0 bridgehead atoms. The SMILES string of the molecule is C1=CC2c3ccccc3N(c3nc(-c4cccc(-c5ccccc5-n5c6ccccc6c6ccccc65)c4)nc(-n4c5ccccc5c5cc(-c6ccccc6)ccc54)n3)C2C=C1. The summed E-state index contributed by atoms with van der Waals surface area (Å²) >= 11 is 0. The van der Waals surface area contributed by atoms with Gasteiger partial charge in [-0.15, -0.1) is 0 Å². The van der Waals surface area contributed by atoms with Crippen LogP contribution in [0.2, 0.25) is 0 Å². The monoisotopic (exact) mass is 806 g/mol. The second-order valence-electron chi connectivity index (χ2n) is 16.4. The van der Waals surface area contributed by atoms with Gasteiger partial charge in [0.15, 0.2) is 5.82 Å². The molecule has 13 rings (SSSR count). The summed E-state index contributed by atoms with van der Waals surface area (Å²) in [7, 11) is 0. The molecule has 3 aromatic heterocycles. The van der Waals surface area contributed by atoms with Crippen LogP contribution in [-0.2, 0) is 0 Å². The van der Waals surface area contributed by atoms with Crippen LogP contribution in [0, 0.1) is 0 Å². The van der Waals surface area contributed by atoms with Crippen molar-refractivity contribution < 1.29 is 0 Å². The zero-order chi connectivity index (χ0) is 41.4. The molecule has 1 aliphatic carbocycles. The minimum absolute atomic E-state index is 0.0199. The molecular weight excluding hydrogens is 769 g/mol. The quantitative estimate of drug-likeness (QED) is 0.168. The van der Waals surface area contributed by atoms with Gasteiger partial charge >= 0.3 is 0 Å². The highest BCUT2D eigenvalue weighted by molar-refractivity contribution is 6.11. The van der Waals surface area contributed by atoms with Gasteiger partial charge in [-0.3, -0.25) is 4.57 Å². The van der Waals surface area contributed by atoms with Gasteiger partial charge in [0.05, 0.1) is 33.8 Å². The van der Waals surface area contributed by atoms with Gasteiger partial charge in [-0.2, -0.15) is 15.0 Å². The molecule has 2 unspecified atom stereocenters. The summed E-state index contributed by atoms with van der Waals surface area (Å²) in [6, 6.07) is 69.2. The minimum Gasteiger partial charge on any atom is -0.309 e. The summed E-state index contributed by atoms with van der Waals surface area (Å²) in [5, 5.41) is 4.75. The first-order valence-corrected chi connectivity index (χ1v) is 21.5. The van der Waals surface area contributed by atoms with E-state index in [0.29, 0.717) is 17.7 Å². The summed E-state index contributed by atoms with van der Waals surface area (Å²) in [6.07, 6.45) is 8.85. The first-order chi connectivity index (χ1) is 31.3. The number of nitrogens with zero attached hydrogens (tertiary/aromatic N) is 6. The Morgan fingerprint density at radius 3 is 1.75 bits per heavy atom. The van der Waals surface area contributed by atoms with Gasteiger partial charge in [0.25, 0.3) is 0 Å². The van der Waals surface area contributed by atoms with Crippen molar-refractivity contribution in [2.45, 2.75) is 12.0 Å². The van der Waals surface area contributed by atoms with Crippen molar-refractivity contribution in [1.29, 1.82) is 0 Å². The van der Waals surface area contributed by atoms with Crippen LogP contribution in [0.4, 0.5) is 11.6 Å². The second-order valence-corrected chi connectivity index (χ2v) is 16.4. The number of anilines is 2. The molecule has 4 heterocycles. The lowest BCUT2D eigenvalue weighted by Gasteiger charge is -2.27. The van der Waals surface area contributed by atoms with E-state index in [1.165, 1.54) is 32.9 Å². The molecule has 63 heavy (non-hydrogen) atoms. The van der Waals surface area contributed by atoms with Gasteiger partial charge in [0, 0.05) is 44.3 Å². The number of fused-ring (bicyclic) bond motifs is 9. The van der Waals surface area contributed by atoms with E-state index in [4.69, 9.17) is 15.0 Å². The molecule has 0 amide bonds. The first-order valence-electron chi connectivity index (χ1n) is 21.5. The van der Waals surface area contributed by atoms with Crippen molar-refractivity contribution in [3.8, 4) is 45.3 Å². The highest BCUT2D eigenvalue weighted by Crippen LogP contribution is 2.47. The van der Waals surface area contributed by atoms with E-state index >= 15 is 0 Å². The maximum atomic E-state index is 5.45. The Hall–Kier alpha value is -8.35. The van der Waals surface area contributed by atoms with Gasteiger partial charge in [-0.25, -0.2) is 0 Å². The molecular formula is C57H38N6. The highest BCUT2D eigenvalue weighted by atomic mass is 15.3. The fraction of sp³-hybridized carbons (Fsp3) is 0.0351. The van der Waals surface area contributed by atoms with E-state index < -0.39 is 0 Å². The predicted octanol–water partition coefficient (Wildman–Crippen LogP) is 13.8. The maximum absolute atomic E-state index is 5.45. The van der Waals surface area contributed by atoms with Gasteiger partial charge < -0.3 is 9.47 Å². The molecule has 2 aliphatic rings. The van der Waals surface area contributed by atoms with Crippen LogP contribution in [-0.4, -0.2) is 30.1 Å². The van der Waals surface area contributed by atoms with Crippen LogP contribution in [0.15, 0.2) is 218 Å². The lowest BCUT2D eigenvalue weighted by molar-refractivity contribution is 0.725. The van der Waals surface area contributed by atoms with Gasteiger partial charge in [0.2, 0.25) is 11.9 Å². The van der Waals surface area contributed by atoms with Crippen LogP contribution in [0.5, 0.6) is 0 Å². The molecule has 0 saturated heterocycles. The van der Waals surface area contributed by atoms with Crippen LogP contribution < -0.4 is 4.90 Å². The molecule has 2 atom stereocenters. The smallest absolute Gasteiger partial charge is 0.240 e. The average molecular weight is 807 g/mol. The van der Waals surface area contributed by atoms with Crippen LogP contribution in [0.3, 0.4) is 0 Å². The average Bonchev–Trinajstić information content (AvgIpc) is 4.00. The second kappa shape index (κ2) is 14.1. The number of rotatable bonds is 6. The maximum Gasteiger partial charge on any atom is 0.240 e. The molecule has 0 N–H and O–H groups in total. The van der Waals surface area contributed by atoms with Crippen LogP contribution >= 0.6 is 0 Å². The van der Waals surface area contributed by atoms with E-state index in [-0.39, 0.29) is 12.0 Å². The van der Waals surface area contributed by atoms with Crippen molar-refractivity contribution in [2.24, 2.45) is 0 Å². The molecule has 6 heteroatoms. The number of benzene rings is 8. The molecule has 0 spiro atoms. The first kappa shape index (κ1) is 35.4. The van der Waals surface area contributed by atoms with E-state index in [2.05, 4.69) is 232 Å². The zero-order valence-electron chi connectivity index (χ0n) is 34.1. The van der Waals surface area contributed by atoms with E-state index in [0.717, 1.165) is 55.4 Å². The Labute approximate surface area is 364 Å². The Morgan fingerprint density at radius 1 is 0.365 bits per heavy atom. The zero-order valence-corrected chi connectivity index (χ0v) is 34.1. The van der Waals surface area contributed by atoms with E-state index in [9.17, 15) is 0 Å². The standard InChI is InChI=1S/C57H38N6/c1-2-17-37(18-3-1)38-33-34-54-47(36-38)46-26-9-15-32-53(46)63(54)57-59-55(58-56(60-57)62-51-30-13-7-24-44(51)45-25-8-14-31-52(45)62)40-20-16-19-39(35-40)41-21-4-10-27-48(41)61-49-28-11-5-22-42(49)43-23-6-12-29-50(43)61/h1-36,44,51H. The Morgan fingerprint density at radius 2 is 0.952 bits per heavy atom. The van der Waals surface area contributed by atoms with Crippen molar-refractivity contribution in [2.75, 3.05) is 4.90 Å². The summed E-state index contributed by atoms with van der Waals surface area (Å²) in [5.74, 6) is 1.97. The third-order valence-electron chi connectivity index (χ3n) is 12.9. The molecule has 0 saturated carbocycles. The summed E-state index contributed by atoms with van der Waals surface area (Å²) in [6.45, 7) is 0. The highest BCUT2D eigenvalue weighted by Gasteiger charge is 2.39. The Balaban J connectivity index is 1.03. The van der Waals surface area contributed by atoms with Crippen molar-refractivity contribution in [3.05, 3.63) is 224 Å². The normalized spacial score (nSPS) is 15.5. The molecule has 8 aromatic carbocycles.